The van der Waals surface area contributed by atoms with Crippen molar-refractivity contribution in [3.8, 4) is 0 Å². The molecule has 1 fully saturated rings. The number of nitrogens with zero attached hydrogens (tertiary/aromatic N) is 2. The highest BCUT2D eigenvalue weighted by atomic mass is 32.2. The Hall–Kier alpha value is -0.960. The van der Waals surface area contributed by atoms with Crippen molar-refractivity contribution in [2.45, 2.75) is 25.3 Å². The number of benzene rings is 1. The highest BCUT2D eigenvalue weighted by molar-refractivity contribution is 8.14. The van der Waals surface area contributed by atoms with E-state index in [4.69, 9.17) is 4.99 Å². The van der Waals surface area contributed by atoms with Gasteiger partial charge in [0.05, 0.1) is 6.04 Å². The standard InChI is InChI=1S/C14H18N2S/c1-16-9-10-17-14(16)15-13-8-4-6-11-5-2-3-7-12(11)13/h2-3,5,7,13H,4,6,8-10H2,1H3/b15-14-. The van der Waals surface area contributed by atoms with Gasteiger partial charge in [-0.15, -0.1) is 0 Å². The summed E-state index contributed by atoms with van der Waals surface area (Å²) in [6, 6.07) is 9.19. The van der Waals surface area contributed by atoms with Crippen LogP contribution in [0.1, 0.15) is 30.0 Å². The number of hydrogen-bond donors (Lipinski definition) is 0. The van der Waals surface area contributed by atoms with Crippen molar-refractivity contribution in [3.05, 3.63) is 35.4 Å². The van der Waals surface area contributed by atoms with Crippen molar-refractivity contribution >= 4 is 16.9 Å². The van der Waals surface area contributed by atoms with Gasteiger partial charge in [-0.3, -0.25) is 4.99 Å². The van der Waals surface area contributed by atoms with Crippen molar-refractivity contribution in [1.82, 2.24) is 4.90 Å². The Morgan fingerprint density at radius 3 is 3.06 bits per heavy atom. The zero-order valence-corrected chi connectivity index (χ0v) is 11.0. The molecule has 0 aromatic heterocycles. The fraction of sp³-hybridized carbons (Fsp3) is 0.500. The molecule has 2 aliphatic rings. The number of thioether (sulfide) groups is 1. The van der Waals surface area contributed by atoms with Gasteiger partial charge >= 0.3 is 0 Å². The van der Waals surface area contributed by atoms with E-state index in [-0.39, 0.29) is 0 Å². The van der Waals surface area contributed by atoms with Gasteiger partial charge in [0, 0.05) is 19.3 Å². The first-order valence-corrected chi connectivity index (χ1v) is 7.33. The molecule has 1 aliphatic carbocycles. The first-order valence-electron chi connectivity index (χ1n) is 6.34. The van der Waals surface area contributed by atoms with Gasteiger partial charge in [-0.05, 0) is 30.4 Å². The van der Waals surface area contributed by atoms with Crippen LogP contribution in [0.15, 0.2) is 29.3 Å². The Labute approximate surface area is 107 Å². The molecule has 0 radical (unpaired) electrons. The number of amidine groups is 1. The second-order valence-corrected chi connectivity index (χ2v) is 5.85. The molecule has 0 amide bonds. The highest BCUT2D eigenvalue weighted by Crippen LogP contribution is 2.34. The van der Waals surface area contributed by atoms with Gasteiger partial charge in [-0.1, -0.05) is 36.0 Å². The monoisotopic (exact) mass is 246 g/mol. The van der Waals surface area contributed by atoms with Gasteiger partial charge < -0.3 is 4.90 Å². The Balaban J connectivity index is 1.90. The maximum absolute atomic E-state index is 4.96. The van der Waals surface area contributed by atoms with E-state index in [1.165, 1.54) is 41.3 Å². The van der Waals surface area contributed by atoms with Crippen LogP contribution in [-0.2, 0) is 6.42 Å². The van der Waals surface area contributed by atoms with Crippen LogP contribution in [0.2, 0.25) is 0 Å². The third-order valence-electron chi connectivity index (χ3n) is 3.59. The topological polar surface area (TPSA) is 15.6 Å². The zero-order valence-electron chi connectivity index (χ0n) is 10.2. The van der Waals surface area contributed by atoms with Crippen molar-refractivity contribution in [1.29, 1.82) is 0 Å². The molecule has 3 rings (SSSR count). The lowest BCUT2D eigenvalue weighted by Crippen LogP contribution is -2.20. The molecule has 1 unspecified atom stereocenters. The number of fused-ring (bicyclic) bond motifs is 1. The minimum Gasteiger partial charge on any atom is -0.354 e. The van der Waals surface area contributed by atoms with E-state index < -0.39 is 0 Å². The predicted octanol–water partition coefficient (Wildman–Crippen LogP) is 3.10. The van der Waals surface area contributed by atoms with E-state index in [0.717, 1.165) is 6.54 Å². The predicted molar refractivity (Wildman–Crippen MR) is 74.6 cm³/mol. The maximum atomic E-state index is 4.96. The van der Waals surface area contributed by atoms with E-state index in [1.54, 1.807) is 0 Å². The van der Waals surface area contributed by atoms with Gasteiger partial charge in [0.1, 0.15) is 0 Å². The Morgan fingerprint density at radius 2 is 2.24 bits per heavy atom. The molecule has 0 saturated carbocycles. The molecule has 3 heteroatoms. The average molecular weight is 246 g/mol. The third kappa shape index (κ3) is 2.21. The molecule has 0 N–H and O–H groups in total. The van der Waals surface area contributed by atoms with Crippen molar-refractivity contribution in [2.24, 2.45) is 4.99 Å². The van der Waals surface area contributed by atoms with Crippen LogP contribution in [-0.4, -0.2) is 29.4 Å². The Morgan fingerprint density at radius 1 is 1.35 bits per heavy atom. The minimum atomic E-state index is 0.392. The summed E-state index contributed by atoms with van der Waals surface area (Å²) in [5, 5.41) is 1.23. The fourth-order valence-corrected chi connectivity index (χ4v) is 3.67. The lowest BCUT2D eigenvalue weighted by molar-refractivity contribution is 0.533. The molecular formula is C14H18N2S. The molecule has 2 nitrogen and oxygen atoms in total. The van der Waals surface area contributed by atoms with E-state index in [1.807, 2.05) is 11.8 Å². The van der Waals surface area contributed by atoms with Crippen LogP contribution < -0.4 is 0 Å². The quantitative estimate of drug-likeness (QED) is 0.756. The van der Waals surface area contributed by atoms with Gasteiger partial charge in [0.25, 0.3) is 0 Å². The molecule has 0 spiro atoms. The average Bonchev–Trinajstić information content (AvgIpc) is 2.76. The van der Waals surface area contributed by atoms with Crippen LogP contribution in [0.4, 0.5) is 0 Å². The van der Waals surface area contributed by atoms with E-state index >= 15 is 0 Å². The third-order valence-corrected chi connectivity index (χ3v) is 4.65. The van der Waals surface area contributed by atoms with Gasteiger partial charge in [-0.25, -0.2) is 0 Å². The molecule has 90 valence electrons. The molecule has 1 aromatic rings. The lowest BCUT2D eigenvalue weighted by atomic mass is 9.88. The summed E-state index contributed by atoms with van der Waals surface area (Å²) in [7, 11) is 2.15. The summed E-state index contributed by atoms with van der Waals surface area (Å²) in [6.45, 7) is 1.14. The van der Waals surface area contributed by atoms with Crippen LogP contribution in [0.3, 0.4) is 0 Å². The summed E-state index contributed by atoms with van der Waals surface area (Å²) in [5.74, 6) is 1.18. The molecule has 1 saturated heterocycles. The first kappa shape index (κ1) is 11.1. The Bertz CT molecular complexity index is 442. The molecule has 1 aromatic carbocycles. The molecule has 0 bridgehead atoms. The van der Waals surface area contributed by atoms with Crippen molar-refractivity contribution in [2.75, 3.05) is 19.3 Å². The molecular weight excluding hydrogens is 228 g/mol. The van der Waals surface area contributed by atoms with Crippen LogP contribution in [0, 0.1) is 0 Å². The number of aryl methyl sites for hydroxylation is 1. The zero-order chi connectivity index (χ0) is 11.7. The number of aliphatic imine (C=N–C) groups is 1. The van der Waals surface area contributed by atoms with Gasteiger partial charge in [0.15, 0.2) is 5.17 Å². The summed E-state index contributed by atoms with van der Waals surface area (Å²) in [5.41, 5.74) is 2.95. The van der Waals surface area contributed by atoms with E-state index in [9.17, 15) is 0 Å². The minimum absolute atomic E-state index is 0.392. The molecule has 1 heterocycles. The van der Waals surface area contributed by atoms with E-state index in [2.05, 4.69) is 36.2 Å². The number of hydrogen-bond acceptors (Lipinski definition) is 2. The van der Waals surface area contributed by atoms with Crippen LogP contribution in [0.25, 0.3) is 0 Å². The van der Waals surface area contributed by atoms with Crippen LogP contribution in [0.5, 0.6) is 0 Å². The number of rotatable bonds is 1. The van der Waals surface area contributed by atoms with Crippen molar-refractivity contribution < 1.29 is 0 Å². The SMILES string of the molecule is CN1CCS/C1=N\C1CCCc2ccccc21. The summed E-state index contributed by atoms with van der Waals surface area (Å²) < 4.78 is 0. The summed E-state index contributed by atoms with van der Waals surface area (Å²) in [4.78, 5) is 7.24. The summed E-state index contributed by atoms with van der Waals surface area (Å²) >= 11 is 1.89. The van der Waals surface area contributed by atoms with Crippen molar-refractivity contribution in [3.63, 3.8) is 0 Å². The molecule has 17 heavy (non-hydrogen) atoms. The molecule has 1 atom stereocenters. The fourth-order valence-electron chi connectivity index (χ4n) is 2.61. The highest BCUT2D eigenvalue weighted by Gasteiger charge is 2.22. The Kier molecular flexibility index (Phi) is 3.10. The van der Waals surface area contributed by atoms with Gasteiger partial charge in [0.2, 0.25) is 0 Å². The van der Waals surface area contributed by atoms with Gasteiger partial charge in [-0.2, -0.15) is 0 Å². The van der Waals surface area contributed by atoms with Crippen LogP contribution >= 0.6 is 11.8 Å². The summed E-state index contributed by atoms with van der Waals surface area (Å²) in [6.07, 6.45) is 3.70. The first-order chi connectivity index (χ1) is 8.34. The second kappa shape index (κ2) is 4.73. The van der Waals surface area contributed by atoms with E-state index in [0.29, 0.717) is 6.04 Å². The second-order valence-electron chi connectivity index (χ2n) is 4.79. The lowest BCUT2D eigenvalue weighted by Gasteiger charge is -2.23. The normalized spacial score (nSPS) is 26.3. The largest absolute Gasteiger partial charge is 0.354 e. The maximum Gasteiger partial charge on any atom is 0.159 e. The molecule has 1 aliphatic heterocycles. The smallest absolute Gasteiger partial charge is 0.159 e.